The van der Waals surface area contributed by atoms with Gasteiger partial charge < -0.3 is 0 Å². The average Bonchev–Trinajstić information content (AvgIpc) is 2.68. The lowest BCUT2D eigenvalue weighted by Gasteiger charge is -2.04. The Labute approximate surface area is 111 Å². The highest BCUT2D eigenvalue weighted by Crippen LogP contribution is 2.27. The van der Waals surface area contributed by atoms with E-state index in [0.717, 1.165) is 12.1 Å². The molecule has 3 aromatic rings. The van der Waals surface area contributed by atoms with Crippen molar-refractivity contribution in [2.75, 3.05) is 0 Å². The van der Waals surface area contributed by atoms with E-state index in [1.807, 2.05) is 6.07 Å². The maximum absolute atomic E-state index is 13.3. The lowest BCUT2D eigenvalue weighted by molar-refractivity contribution is 0.510. The van der Waals surface area contributed by atoms with Gasteiger partial charge in [-0.15, -0.1) is 0 Å². The third kappa shape index (κ3) is 1.57. The quantitative estimate of drug-likeness (QED) is 0.589. The van der Waals surface area contributed by atoms with Gasteiger partial charge in [-0.25, -0.2) is 13.8 Å². The molecule has 0 radical (unpaired) electrons. The molecule has 0 amide bonds. The number of aryl methyl sites for hydroxylation is 1. The van der Waals surface area contributed by atoms with Gasteiger partial charge in [0.1, 0.15) is 11.2 Å². The highest BCUT2D eigenvalue weighted by molar-refractivity contribution is 6.30. The Morgan fingerprint density at radius 1 is 1.26 bits per heavy atom. The highest BCUT2D eigenvalue weighted by atomic mass is 35.5. The fraction of sp³-hybridized carbons (Fsp3) is 0.0769. The molecule has 0 aliphatic heterocycles. The summed E-state index contributed by atoms with van der Waals surface area (Å²) in [6, 6.07) is 5.63. The maximum atomic E-state index is 13.3. The lowest BCUT2D eigenvalue weighted by atomic mass is 10.2. The zero-order valence-electron chi connectivity index (χ0n) is 9.71. The van der Waals surface area contributed by atoms with Crippen LogP contribution in [-0.2, 0) is 0 Å². The van der Waals surface area contributed by atoms with Gasteiger partial charge >= 0.3 is 0 Å². The minimum atomic E-state index is -0.984. The number of fused-ring (bicyclic) bond motifs is 3. The summed E-state index contributed by atoms with van der Waals surface area (Å²) in [6.07, 6.45) is 0. The Hall–Kier alpha value is -2.19. The Morgan fingerprint density at radius 3 is 2.63 bits per heavy atom. The van der Waals surface area contributed by atoms with Crippen LogP contribution in [0.1, 0.15) is 11.1 Å². The van der Waals surface area contributed by atoms with Crippen LogP contribution in [0.3, 0.4) is 0 Å². The molecule has 0 bridgehead atoms. The number of benzene rings is 1. The zero-order valence-corrected chi connectivity index (χ0v) is 10.5. The molecule has 0 saturated heterocycles. The van der Waals surface area contributed by atoms with Crippen molar-refractivity contribution >= 4 is 28.3 Å². The van der Waals surface area contributed by atoms with Crippen molar-refractivity contribution in [2.45, 2.75) is 6.92 Å². The van der Waals surface area contributed by atoms with E-state index >= 15 is 0 Å². The van der Waals surface area contributed by atoms with Gasteiger partial charge in [0, 0.05) is 12.1 Å². The van der Waals surface area contributed by atoms with Crippen molar-refractivity contribution in [3.8, 4) is 6.07 Å². The molecule has 3 nitrogen and oxygen atoms in total. The van der Waals surface area contributed by atoms with E-state index in [1.54, 1.807) is 13.0 Å². The Bertz CT molecular complexity index is 877. The maximum Gasteiger partial charge on any atom is 0.161 e. The van der Waals surface area contributed by atoms with Gasteiger partial charge in [0.15, 0.2) is 17.3 Å². The summed E-state index contributed by atoms with van der Waals surface area (Å²) < 4.78 is 28.0. The first-order valence-corrected chi connectivity index (χ1v) is 5.77. The smallest absolute Gasteiger partial charge is 0.161 e. The SMILES string of the molecule is Cc1cc(Cl)n2c(nc3cc(F)c(F)cc32)c1C#N. The van der Waals surface area contributed by atoms with Crippen LogP contribution in [0.25, 0.3) is 16.7 Å². The number of nitrogens with zero attached hydrogens (tertiary/aromatic N) is 3. The molecule has 6 heteroatoms. The van der Waals surface area contributed by atoms with Crippen LogP contribution in [0.5, 0.6) is 0 Å². The van der Waals surface area contributed by atoms with Crippen molar-refractivity contribution in [1.82, 2.24) is 9.38 Å². The molecule has 94 valence electrons. The van der Waals surface area contributed by atoms with Gasteiger partial charge in [-0.05, 0) is 18.6 Å². The van der Waals surface area contributed by atoms with Crippen LogP contribution in [0.2, 0.25) is 5.15 Å². The molecule has 19 heavy (non-hydrogen) atoms. The van der Waals surface area contributed by atoms with E-state index in [1.165, 1.54) is 4.40 Å². The second-order valence-corrected chi connectivity index (χ2v) is 4.55. The van der Waals surface area contributed by atoms with E-state index in [-0.39, 0.29) is 5.52 Å². The van der Waals surface area contributed by atoms with Crippen molar-refractivity contribution in [3.63, 3.8) is 0 Å². The number of halogens is 3. The minimum absolute atomic E-state index is 0.253. The van der Waals surface area contributed by atoms with Crippen LogP contribution >= 0.6 is 11.6 Å². The van der Waals surface area contributed by atoms with Crippen LogP contribution in [0.15, 0.2) is 18.2 Å². The molecule has 0 atom stereocenters. The first kappa shape index (κ1) is 11.9. The molecule has 0 saturated carbocycles. The predicted octanol–water partition coefficient (Wildman–Crippen LogP) is 3.60. The monoisotopic (exact) mass is 277 g/mol. The van der Waals surface area contributed by atoms with Crippen molar-refractivity contribution < 1.29 is 8.78 Å². The molecule has 0 aliphatic carbocycles. The third-order valence-electron chi connectivity index (χ3n) is 2.98. The van der Waals surface area contributed by atoms with Crippen LogP contribution < -0.4 is 0 Å². The minimum Gasteiger partial charge on any atom is -0.281 e. The third-order valence-corrected chi connectivity index (χ3v) is 3.25. The van der Waals surface area contributed by atoms with Crippen LogP contribution in [0.4, 0.5) is 8.78 Å². The van der Waals surface area contributed by atoms with Crippen molar-refractivity contribution in [1.29, 1.82) is 5.26 Å². The fourth-order valence-corrected chi connectivity index (χ4v) is 2.42. The summed E-state index contributed by atoms with van der Waals surface area (Å²) in [4.78, 5) is 4.16. The van der Waals surface area contributed by atoms with Gasteiger partial charge in [-0.2, -0.15) is 5.26 Å². The topological polar surface area (TPSA) is 41.1 Å². The number of aromatic nitrogens is 2. The fourth-order valence-electron chi connectivity index (χ4n) is 2.09. The molecule has 3 rings (SSSR count). The molecule has 0 fully saturated rings. The van der Waals surface area contributed by atoms with Gasteiger partial charge in [0.05, 0.1) is 16.6 Å². The summed E-state index contributed by atoms with van der Waals surface area (Å²) in [5, 5.41) is 9.44. The summed E-state index contributed by atoms with van der Waals surface area (Å²) in [5.74, 6) is -1.97. The van der Waals surface area contributed by atoms with E-state index in [0.29, 0.717) is 27.4 Å². The van der Waals surface area contributed by atoms with Gasteiger partial charge in [-0.3, -0.25) is 4.40 Å². The van der Waals surface area contributed by atoms with Gasteiger partial charge in [0.25, 0.3) is 0 Å². The molecule has 2 aromatic heterocycles. The first-order chi connectivity index (χ1) is 9.02. The number of hydrogen-bond donors (Lipinski definition) is 0. The van der Waals surface area contributed by atoms with E-state index in [9.17, 15) is 8.78 Å². The Balaban J connectivity index is 2.61. The summed E-state index contributed by atoms with van der Waals surface area (Å²) in [5.41, 5.74) is 1.88. The van der Waals surface area contributed by atoms with Gasteiger partial charge in [-0.1, -0.05) is 11.6 Å². The molecule has 2 heterocycles. The molecule has 0 N–H and O–H groups in total. The summed E-state index contributed by atoms with van der Waals surface area (Å²) in [6.45, 7) is 1.73. The zero-order chi connectivity index (χ0) is 13.7. The van der Waals surface area contributed by atoms with Crippen LogP contribution in [0, 0.1) is 29.9 Å². The number of rotatable bonds is 0. The molecular formula is C13H6ClF2N3. The largest absolute Gasteiger partial charge is 0.281 e. The number of pyridine rings is 1. The van der Waals surface area contributed by atoms with Crippen LogP contribution in [-0.4, -0.2) is 9.38 Å². The average molecular weight is 278 g/mol. The highest BCUT2D eigenvalue weighted by Gasteiger charge is 2.16. The molecule has 0 spiro atoms. The standard InChI is InChI=1S/C13H6ClF2N3/c1-6-2-12(14)19-11-4-9(16)8(15)3-10(11)18-13(19)7(6)5-17/h2-4H,1H3. The first-order valence-electron chi connectivity index (χ1n) is 5.39. The Morgan fingerprint density at radius 2 is 1.95 bits per heavy atom. The molecular weight excluding hydrogens is 272 g/mol. The van der Waals surface area contributed by atoms with Crippen molar-refractivity contribution in [2.24, 2.45) is 0 Å². The van der Waals surface area contributed by atoms with E-state index in [4.69, 9.17) is 16.9 Å². The van der Waals surface area contributed by atoms with Gasteiger partial charge in [0.2, 0.25) is 0 Å². The van der Waals surface area contributed by atoms with E-state index in [2.05, 4.69) is 4.98 Å². The summed E-state index contributed by atoms with van der Waals surface area (Å²) in [7, 11) is 0. The predicted molar refractivity (Wildman–Crippen MR) is 67.1 cm³/mol. The van der Waals surface area contributed by atoms with Crippen molar-refractivity contribution in [3.05, 3.63) is 46.1 Å². The number of hydrogen-bond acceptors (Lipinski definition) is 2. The molecule has 0 aliphatic rings. The summed E-state index contributed by atoms with van der Waals surface area (Å²) >= 11 is 6.10. The lowest BCUT2D eigenvalue weighted by Crippen LogP contribution is -1.94. The Kier molecular flexibility index (Phi) is 2.44. The second kappa shape index (κ2) is 3.90. The number of nitriles is 1. The number of imidazole rings is 1. The second-order valence-electron chi connectivity index (χ2n) is 4.16. The molecule has 0 unspecified atom stereocenters. The normalized spacial score (nSPS) is 11.1. The molecule has 1 aromatic carbocycles. The van der Waals surface area contributed by atoms with E-state index < -0.39 is 11.6 Å².